The van der Waals surface area contributed by atoms with Gasteiger partial charge in [-0.15, -0.1) is 0 Å². The summed E-state index contributed by atoms with van der Waals surface area (Å²) in [5.74, 6) is 0. The average molecular weight is 301 g/mol. The van der Waals surface area contributed by atoms with Crippen LogP contribution in [-0.2, 0) is 25.7 Å². The maximum atomic E-state index is 12.2. The zero-order valence-corrected chi connectivity index (χ0v) is 13.0. The van der Waals surface area contributed by atoms with Crippen LogP contribution in [0.25, 0.3) is 11.3 Å². The lowest BCUT2D eigenvalue weighted by Gasteiger charge is -2.14. The molecule has 0 N–H and O–H groups in total. The van der Waals surface area contributed by atoms with E-state index in [-0.39, 0.29) is 0 Å². The lowest BCUT2D eigenvalue weighted by Crippen LogP contribution is -2.28. The molecule has 1 aromatic heterocycles. The van der Waals surface area contributed by atoms with Crippen LogP contribution in [0.4, 0.5) is 0 Å². The van der Waals surface area contributed by atoms with Crippen LogP contribution in [0.3, 0.4) is 0 Å². The van der Waals surface area contributed by atoms with Gasteiger partial charge in [-0.2, -0.15) is 4.73 Å². The second-order valence-electron chi connectivity index (χ2n) is 6.22. The summed E-state index contributed by atoms with van der Waals surface area (Å²) in [6.07, 6.45) is 5.55. The molecule has 0 spiro atoms. The summed E-state index contributed by atoms with van der Waals surface area (Å²) < 4.78 is 0.975. The van der Waals surface area contributed by atoms with Crippen molar-refractivity contribution in [2.45, 2.75) is 25.7 Å². The fourth-order valence-corrected chi connectivity index (χ4v) is 3.31. The molecule has 0 radical (unpaired) electrons. The molecule has 2 aromatic carbocycles. The van der Waals surface area contributed by atoms with Crippen molar-refractivity contribution in [3.63, 3.8) is 0 Å². The first-order valence-electron chi connectivity index (χ1n) is 8.18. The number of hydrogen-bond acceptors (Lipinski definition) is 1. The fraction of sp³-hybridized carbons (Fsp3) is 0.190. The predicted octanol–water partition coefficient (Wildman–Crippen LogP) is 3.87. The molecule has 0 atom stereocenters. The van der Waals surface area contributed by atoms with E-state index in [2.05, 4.69) is 42.5 Å². The second-order valence-corrected chi connectivity index (χ2v) is 6.22. The van der Waals surface area contributed by atoms with Gasteiger partial charge in [0.2, 0.25) is 5.69 Å². The quantitative estimate of drug-likeness (QED) is 0.495. The molecule has 2 nitrogen and oxygen atoms in total. The van der Waals surface area contributed by atoms with Gasteiger partial charge in [0.25, 0.3) is 0 Å². The van der Waals surface area contributed by atoms with Gasteiger partial charge in [-0.25, -0.2) is 0 Å². The maximum absolute atomic E-state index is 12.2. The summed E-state index contributed by atoms with van der Waals surface area (Å²) in [6, 6.07) is 21.2. The zero-order valence-electron chi connectivity index (χ0n) is 13.0. The molecule has 0 aliphatic heterocycles. The molecule has 0 saturated carbocycles. The van der Waals surface area contributed by atoms with E-state index in [1.54, 1.807) is 12.3 Å². The molecule has 0 fully saturated rings. The van der Waals surface area contributed by atoms with Crippen molar-refractivity contribution in [1.82, 2.24) is 0 Å². The smallest absolute Gasteiger partial charge is 0.224 e. The third kappa shape index (κ3) is 2.85. The highest BCUT2D eigenvalue weighted by Gasteiger charge is 2.14. The molecule has 3 aromatic rings. The van der Waals surface area contributed by atoms with Gasteiger partial charge in [-0.1, -0.05) is 36.4 Å². The lowest BCUT2D eigenvalue weighted by molar-refractivity contribution is -0.593. The Kier molecular flexibility index (Phi) is 3.58. The number of aromatic nitrogens is 1. The first-order valence-corrected chi connectivity index (χ1v) is 8.18. The molecular formula is C21H19NO. The van der Waals surface area contributed by atoms with E-state index in [0.717, 1.165) is 41.7 Å². The van der Waals surface area contributed by atoms with E-state index in [4.69, 9.17) is 0 Å². The maximum Gasteiger partial charge on any atom is 0.224 e. The second kappa shape index (κ2) is 5.88. The number of pyridine rings is 1. The Labute approximate surface area is 136 Å². The highest BCUT2D eigenvalue weighted by molar-refractivity contribution is 5.62. The van der Waals surface area contributed by atoms with Crippen LogP contribution < -0.4 is 4.73 Å². The normalized spacial score (nSPS) is 13.6. The van der Waals surface area contributed by atoms with Gasteiger partial charge in [0.15, 0.2) is 6.20 Å². The molecule has 4 bridgehead atoms. The van der Waals surface area contributed by atoms with Crippen LogP contribution in [0, 0.1) is 5.21 Å². The first-order chi connectivity index (χ1) is 11.3. The molecule has 114 valence electrons. The van der Waals surface area contributed by atoms with Crippen LogP contribution >= 0.6 is 0 Å². The van der Waals surface area contributed by atoms with Crippen molar-refractivity contribution in [2.24, 2.45) is 0 Å². The Bertz CT molecular complexity index is 837. The third-order valence-corrected chi connectivity index (χ3v) is 4.68. The average Bonchev–Trinajstić information content (AvgIpc) is 2.58. The van der Waals surface area contributed by atoms with Crippen molar-refractivity contribution in [2.75, 3.05) is 0 Å². The number of benzene rings is 2. The van der Waals surface area contributed by atoms with Crippen LogP contribution in [-0.4, -0.2) is 0 Å². The highest BCUT2D eigenvalue weighted by Crippen LogP contribution is 2.25. The summed E-state index contributed by atoms with van der Waals surface area (Å²) in [5.41, 5.74) is 7.08. The van der Waals surface area contributed by atoms with Crippen LogP contribution in [0.15, 0.2) is 66.9 Å². The van der Waals surface area contributed by atoms with Crippen molar-refractivity contribution < 1.29 is 4.73 Å². The van der Waals surface area contributed by atoms with E-state index in [0.29, 0.717) is 0 Å². The predicted molar refractivity (Wildman–Crippen MR) is 92.1 cm³/mol. The summed E-state index contributed by atoms with van der Waals surface area (Å²) >= 11 is 0. The molecule has 4 aliphatic carbocycles. The minimum absolute atomic E-state index is 0.746. The van der Waals surface area contributed by atoms with Gasteiger partial charge in [0, 0.05) is 12.1 Å². The largest absolute Gasteiger partial charge is 0.618 e. The van der Waals surface area contributed by atoms with Gasteiger partial charge >= 0.3 is 0 Å². The molecule has 23 heavy (non-hydrogen) atoms. The molecule has 2 heteroatoms. The summed E-state index contributed by atoms with van der Waals surface area (Å²) in [4.78, 5) is 0. The topological polar surface area (TPSA) is 26.9 Å². The van der Waals surface area contributed by atoms with Gasteiger partial charge in [0.05, 0.1) is 5.56 Å². The van der Waals surface area contributed by atoms with Crippen molar-refractivity contribution >= 4 is 0 Å². The Morgan fingerprint density at radius 2 is 1.35 bits per heavy atom. The van der Waals surface area contributed by atoms with E-state index < -0.39 is 0 Å². The summed E-state index contributed by atoms with van der Waals surface area (Å²) in [5, 5.41) is 12.2. The monoisotopic (exact) mass is 301 g/mol. The lowest BCUT2D eigenvalue weighted by atomic mass is 9.92. The highest BCUT2D eigenvalue weighted by atomic mass is 16.5. The molecule has 4 aliphatic rings. The standard InChI is InChI=1S/C21H19NO/c23-22-14-2-1-3-21(22)20-15-18-9-8-16-4-6-17(7-5-16)10-12-19(20)13-11-18/h1-7,11,13-15H,8-10,12H2. The molecule has 0 amide bonds. The third-order valence-electron chi connectivity index (χ3n) is 4.68. The number of hydrogen-bond donors (Lipinski definition) is 0. The van der Waals surface area contributed by atoms with Crippen LogP contribution in [0.2, 0.25) is 0 Å². The molecule has 0 unspecified atom stereocenters. The Morgan fingerprint density at radius 3 is 2.09 bits per heavy atom. The molecule has 0 saturated heterocycles. The minimum atomic E-state index is 0.746. The van der Waals surface area contributed by atoms with Gasteiger partial charge in [-0.3, -0.25) is 0 Å². The Morgan fingerprint density at radius 1 is 0.696 bits per heavy atom. The molecular weight excluding hydrogens is 282 g/mol. The minimum Gasteiger partial charge on any atom is -0.618 e. The van der Waals surface area contributed by atoms with Gasteiger partial charge in [0.1, 0.15) is 0 Å². The van der Waals surface area contributed by atoms with Crippen molar-refractivity contribution in [3.05, 3.63) is 94.3 Å². The summed E-state index contributed by atoms with van der Waals surface area (Å²) in [6.45, 7) is 0. The number of nitrogens with zero attached hydrogens (tertiary/aromatic N) is 1. The van der Waals surface area contributed by atoms with E-state index in [1.165, 1.54) is 22.3 Å². The zero-order chi connectivity index (χ0) is 15.6. The van der Waals surface area contributed by atoms with Crippen LogP contribution in [0.1, 0.15) is 22.3 Å². The van der Waals surface area contributed by atoms with E-state index in [1.807, 2.05) is 12.1 Å². The fourth-order valence-electron chi connectivity index (χ4n) is 3.31. The number of aryl methyl sites for hydroxylation is 4. The molecule has 1 heterocycles. The SMILES string of the molecule is [O-][n+]1ccccc1-c1cc2ccc1CCc1ccc(cc1)CC2. The number of rotatable bonds is 1. The van der Waals surface area contributed by atoms with Crippen molar-refractivity contribution in [1.29, 1.82) is 0 Å². The molecule has 7 rings (SSSR count). The summed E-state index contributed by atoms with van der Waals surface area (Å²) in [7, 11) is 0. The van der Waals surface area contributed by atoms with Crippen molar-refractivity contribution in [3.8, 4) is 11.3 Å². The Balaban J connectivity index is 1.81. The van der Waals surface area contributed by atoms with Gasteiger partial charge in [-0.05, 0) is 60.1 Å². The van der Waals surface area contributed by atoms with Crippen LogP contribution in [0.5, 0.6) is 0 Å². The van der Waals surface area contributed by atoms with Gasteiger partial charge < -0.3 is 5.21 Å². The van der Waals surface area contributed by atoms with E-state index in [9.17, 15) is 5.21 Å². The Hall–Kier alpha value is -2.61. The first kappa shape index (κ1) is 14.0. The van der Waals surface area contributed by atoms with E-state index >= 15 is 0 Å².